The third-order valence-electron chi connectivity index (χ3n) is 6.58. The molecular weight excluding hydrogens is 508 g/mol. The Morgan fingerprint density at radius 3 is 2.55 bits per heavy atom. The molecule has 204 valence electrons. The number of hydrogen-bond acceptors (Lipinski definition) is 6. The largest absolute Gasteiger partial charge is 0.487 e. The Hall–Kier alpha value is -5.05. The Morgan fingerprint density at radius 1 is 1.02 bits per heavy atom. The standard InChI is InChI=1S/C31H30N4O5/c1-19-8-14-26(21(3)24(19)18-40-27-7-5-6-23-12-9-20(2)34-30(23)27)35(4)29(37)17-33-28(36)15-11-22-10-13-25(31(38)39)32-16-22/h5-16H,17-18H2,1-4H3,(H,33,36)(H,38,39)/b15-11+. The third kappa shape index (κ3) is 6.50. The highest BCUT2D eigenvalue weighted by Crippen LogP contribution is 2.29. The predicted octanol–water partition coefficient (Wildman–Crippen LogP) is 4.62. The molecule has 0 aliphatic heterocycles. The average Bonchev–Trinajstić information content (AvgIpc) is 2.94. The molecular formula is C31H30N4O5. The number of pyridine rings is 2. The van der Waals surface area contributed by atoms with Gasteiger partial charge in [0.25, 0.3) is 0 Å². The molecule has 0 bridgehead atoms. The van der Waals surface area contributed by atoms with Gasteiger partial charge in [0.1, 0.15) is 23.6 Å². The zero-order chi connectivity index (χ0) is 28.8. The second-order valence-electron chi connectivity index (χ2n) is 9.36. The first kappa shape index (κ1) is 28.0. The topological polar surface area (TPSA) is 122 Å². The van der Waals surface area contributed by atoms with Gasteiger partial charge < -0.3 is 20.1 Å². The van der Waals surface area contributed by atoms with E-state index in [1.807, 2.05) is 63.2 Å². The molecule has 4 rings (SSSR count). The summed E-state index contributed by atoms with van der Waals surface area (Å²) < 4.78 is 6.21. The van der Waals surface area contributed by atoms with Crippen LogP contribution in [0.3, 0.4) is 0 Å². The minimum absolute atomic E-state index is 0.0861. The summed E-state index contributed by atoms with van der Waals surface area (Å²) in [6, 6.07) is 16.5. The number of carbonyl (C=O) groups excluding carboxylic acids is 2. The van der Waals surface area contributed by atoms with Crippen molar-refractivity contribution < 1.29 is 24.2 Å². The van der Waals surface area contributed by atoms with Gasteiger partial charge in [0.05, 0.1) is 6.54 Å². The molecule has 2 aromatic carbocycles. The number of aromatic nitrogens is 2. The number of carbonyl (C=O) groups is 3. The monoisotopic (exact) mass is 538 g/mol. The summed E-state index contributed by atoms with van der Waals surface area (Å²) in [5.41, 5.74) is 5.82. The van der Waals surface area contributed by atoms with Crippen LogP contribution < -0.4 is 15.0 Å². The van der Waals surface area contributed by atoms with E-state index in [0.29, 0.717) is 17.9 Å². The Kier molecular flexibility index (Phi) is 8.54. The lowest BCUT2D eigenvalue weighted by atomic mass is 10.0. The van der Waals surface area contributed by atoms with Crippen LogP contribution in [0.5, 0.6) is 5.75 Å². The molecule has 0 aliphatic carbocycles. The number of anilines is 1. The summed E-state index contributed by atoms with van der Waals surface area (Å²) in [6.07, 6.45) is 4.11. The second-order valence-corrected chi connectivity index (χ2v) is 9.36. The highest BCUT2D eigenvalue weighted by Gasteiger charge is 2.17. The van der Waals surface area contributed by atoms with Gasteiger partial charge >= 0.3 is 5.97 Å². The number of rotatable bonds is 9. The van der Waals surface area contributed by atoms with Gasteiger partial charge in [-0.3, -0.25) is 9.59 Å². The molecule has 2 aromatic heterocycles. The highest BCUT2D eigenvalue weighted by atomic mass is 16.5. The van der Waals surface area contributed by atoms with Crippen molar-refractivity contribution in [3.8, 4) is 5.75 Å². The second kappa shape index (κ2) is 12.2. The predicted molar refractivity (Wildman–Crippen MR) is 153 cm³/mol. The number of amides is 2. The maximum Gasteiger partial charge on any atom is 0.354 e. The van der Waals surface area contributed by atoms with Crippen LogP contribution in [0.15, 0.2) is 66.9 Å². The number of aromatic carboxylic acids is 1. The van der Waals surface area contributed by atoms with Gasteiger partial charge in [0, 0.05) is 36.1 Å². The molecule has 0 atom stereocenters. The maximum atomic E-state index is 12.9. The average molecular weight is 539 g/mol. The van der Waals surface area contributed by atoms with Crippen LogP contribution >= 0.6 is 0 Å². The molecule has 0 aliphatic rings. The molecule has 9 heteroatoms. The van der Waals surface area contributed by atoms with Gasteiger partial charge in [-0.15, -0.1) is 0 Å². The van der Waals surface area contributed by atoms with E-state index in [0.717, 1.165) is 39.0 Å². The van der Waals surface area contributed by atoms with Crippen LogP contribution in [0.4, 0.5) is 5.69 Å². The van der Waals surface area contributed by atoms with Gasteiger partial charge in [-0.05, 0) is 73.4 Å². The number of ether oxygens (including phenoxy) is 1. The number of carboxylic acids is 1. The lowest BCUT2D eigenvalue weighted by Gasteiger charge is -2.23. The number of nitrogens with one attached hydrogen (secondary N) is 1. The van der Waals surface area contributed by atoms with Crippen LogP contribution in [-0.2, 0) is 16.2 Å². The van der Waals surface area contributed by atoms with Gasteiger partial charge in [-0.1, -0.05) is 30.3 Å². The van der Waals surface area contributed by atoms with Crippen molar-refractivity contribution in [1.29, 1.82) is 0 Å². The molecule has 0 radical (unpaired) electrons. The Balaban J connectivity index is 1.40. The summed E-state index contributed by atoms with van der Waals surface area (Å²) in [4.78, 5) is 46.0. The molecule has 9 nitrogen and oxygen atoms in total. The van der Waals surface area contributed by atoms with Crippen LogP contribution in [-0.4, -0.2) is 46.5 Å². The molecule has 2 N–H and O–H groups in total. The number of benzene rings is 2. The van der Waals surface area contributed by atoms with Crippen molar-refractivity contribution in [2.45, 2.75) is 27.4 Å². The smallest absolute Gasteiger partial charge is 0.354 e. The molecule has 40 heavy (non-hydrogen) atoms. The summed E-state index contributed by atoms with van der Waals surface area (Å²) in [5, 5.41) is 12.5. The number of hydrogen-bond donors (Lipinski definition) is 2. The van der Waals surface area contributed by atoms with Gasteiger partial charge in [0.15, 0.2) is 0 Å². The fraction of sp³-hybridized carbons (Fsp3) is 0.194. The van der Waals surface area contributed by atoms with Gasteiger partial charge in [-0.25, -0.2) is 14.8 Å². The quantitative estimate of drug-likeness (QED) is 0.298. The molecule has 4 aromatic rings. The minimum Gasteiger partial charge on any atom is -0.487 e. The molecule has 2 heterocycles. The van der Waals surface area contributed by atoms with E-state index in [4.69, 9.17) is 9.84 Å². The Bertz CT molecular complexity index is 1610. The van der Waals surface area contributed by atoms with Crippen molar-refractivity contribution in [3.05, 3.63) is 101 Å². The van der Waals surface area contributed by atoms with Crippen molar-refractivity contribution >= 4 is 40.4 Å². The summed E-state index contributed by atoms with van der Waals surface area (Å²) in [7, 11) is 1.67. The van der Waals surface area contributed by atoms with Crippen molar-refractivity contribution in [2.24, 2.45) is 0 Å². The van der Waals surface area contributed by atoms with Crippen LogP contribution in [0.1, 0.15) is 38.4 Å². The summed E-state index contributed by atoms with van der Waals surface area (Å²) in [6.45, 7) is 6.00. The molecule has 0 saturated heterocycles. The summed E-state index contributed by atoms with van der Waals surface area (Å²) in [5.74, 6) is -1.18. The zero-order valence-corrected chi connectivity index (χ0v) is 22.8. The fourth-order valence-electron chi connectivity index (χ4n) is 4.23. The lowest BCUT2D eigenvalue weighted by molar-refractivity contribution is -0.122. The van der Waals surface area contributed by atoms with E-state index < -0.39 is 11.9 Å². The first-order chi connectivity index (χ1) is 19.1. The number of carboxylic acid groups (broad SMARTS) is 1. The number of fused-ring (bicyclic) bond motifs is 1. The number of nitrogens with zero attached hydrogens (tertiary/aromatic N) is 3. The number of likely N-dealkylation sites (N-methyl/N-ethyl adjacent to an activating group) is 1. The van der Waals surface area contributed by atoms with Crippen molar-refractivity contribution in [1.82, 2.24) is 15.3 Å². The minimum atomic E-state index is -1.13. The summed E-state index contributed by atoms with van der Waals surface area (Å²) >= 11 is 0. The SMILES string of the molecule is Cc1ccc2cccc(OCc3c(C)ccc(N(C)C(=O)CNC(=O)/C=C/c4ccc(C(=O)O)nc4)c3C)c2n1. The van der Waals surface area contributed by atoms with E-state index in [1.165, 1.54) is 29.3 Å². The van der Waals surface area contributed by atoms with E-state index in [-0.39, 0.29) is 18.1 Å². The van der Waals surface area contributed by atoms with E-state index in [1.54, 1.807) is 13.1 Å². The van der Waals surface area contributed by atoms with E-state index in [9.17, 15) is 14.4 Å². The van der Waals surface area contributed by atoms with Crippen LogP contribution in [0.25, 0.3) is 17.0 Å². The lowest BCUT2D eigenvalue weighted by Crippen LogP contribution is -2.38. The first-order valence-electron chi connectivity index (χ1n) is 12.6. The highest BCUT2D eigenvalue weighted by molar-refractivity contribution is 5.99. The van der Waals surface area contributed by atoms with E-state index >= 15 is 0 Å². The van der Waals surface area contributed by atoms with Crippen molar-refractivity contribution in [2.75, 3.05) is 18.5 Å². The number of para-hydroxylation sites is 1. The molecule has 2 amide bonds. The zero-order valence-electron chi connectivity index (χ0n) is 22.8. The van der Waals surface area contributed by atoms with Gasteiger partial charge in [-0.2, -0.15) is 0 Å². The Labute approximate surface area is 232 Å². The molecule has 0 fully saturated rings. The van der Waals surface area contributed by atoms with Crippen molar-refractivity contribution in [3.63, 3.8) is 0 Å². The molecule has 0 saturated carbocycles. The van der Waals surface area contributed by atoms with Crippen LogP contribution in [0, 0.1) is 20.8 Å². The third-order valence-corrected chi connectivity index (χ3v) is 6.58. The van der Waals surface area contributed by atoms with Crippen LogP contribution in [0.2, 0.25) is 0 Å². The normalized spacial score (nSPS) is 11.0. The first-order valence-corrected chi connectivity index (χ1v) is 12.6. The fourth-order valence-corrected chi connectivity index (χ4v) is 4.23. The molecule has 0 spiro atoms. The molecule has 0 unspecified atom stereocenters. The van der Waals surface area contributed by atoms with E-state index in [2.05, 4.69) is 15.3 Å². The maximum absolute atomic E-state index is 12.9. The van der Waals surface area contributed by atoms with Gasteiger partial charge in [0.2, 0.25) is 11.8 Å². The number of aryl methyl sites for hydroxylation is 2. The Morgan fingerprint density at radius 2 is 1.82 bits per heavy atom.